The first-order valence-electron chi connectivity index (χ1n) is 7.07. The molecule has 2 rings (SSSR count). The first-order valence-corrected chi connectivity index (χ1v) is 7.07. The summed E-state index contributed by atoms with van der Waals surface area (Å²) in [5.74, 6) is 0. The maximum atomic E-state index is 11.9. The van der Waals surface area contributed by atoms with Gasteiger partial charge in [0, 0.05) is 65.0 Å². The highest BCUT2D eigenvalue weighted by molar-refractivity contribution is 5.02. The standard InChI is InChI=1S/C14H23N3O4/c1-15(10-14(20)4-6-21-7-5-14)9-11-8-12(18)17(3)13(19)16(11)2/h8,20H,4-7,9-10H2,1-3H3. The lowest BCUT2D eigenvalue weighted by Crippen LogP contribution is -2.46. The molecule has 118 valence electrons. The van der Waals surface area contributed by atoms with Gasteiger partial charge in [-0.3, -0.25) is 18.8 Å². The highest BCUT2D eigenvalue weighted by Crippen LogP contribution is 2.21. The zero-order valence-electron chi connectivity index (χ0n) is 12.8. The zero-order valence-corrected chi connectivity index (χ0v) is 12.8. The van der Waals surface area contributed by atoms with Crippen LogP contribution in [-0.4, -0.2) is 51.5 Å². The fourth-order valence-corrected chi connectivity index (χ4v) is 2.67. The normalized spacial score (nSPS) is 18.1. The molecule has 1 saturated heterocycles. The molecule has 0 spiro atoms. The molecule has 0 atom stereocenters. The van der Waals surface area contributed by atoms with Crippen molar-refractivity contribution in [3.05, 3.63) is 32.6 Å². The van der Waals surface area contributed by atoms with Crippen molar-refractivity contribution in [1.29, 1.82) is 0 Å². The largest absolute Gasteiger partial charge is 0.388 e. The number of hydrogen-bond acceptors (Lipinski definition) is 5. The lowest BCUT2D eigenvalue weighted by molar-refractivity contribution is -0.0779. The van der Waals surface area contributed by atoms with Gasteiger partial charge in [0.2, 0.25) is 0 Å². The lowest BCUT2D eigenvalue weighted by Gasteiger charge is -2.35. The summed E-state index contributed by atoms with van der Waals surface area (Å²) in [5, 5.41) is 10.5. The van der Waals surface area contributed by atoms with Gasteiger partial charge in [0.1, 0.15) is 0 Å². The Morgan fingerprint density at radius 3 is 2.52 bits per heavy atom. The fourth-order valence-electron chi connectivity index (χ4n) is 2.67. The smallest absolute Gasteiger partial charge is 0.330 e. The monoisotopic (exact) mass is 297 g/mol. The lowest BCUT2D eigenvalue weighted by atomic mass is 9.94. The van der Waals surface area contributed by atoms with Gasteiger partial charge >= 0.3 is 5.69 Å². The van der Waals surface area contributed by atoms with Gasteiger partial charge < -0.3 is 9.84 Å². The van der Waals surface area contributed by atoms with Crippen LogP contribution in [0.25, 0.3) is 0 Å². The molecule has 1 aliphatic heterocycles. The zero-order chi connectivity index (χ0) is 15.6. The van der Waals surface area contributed by atoms with Crippen LogP contribution in [0.15, 0.2) is 15.7 Å². The molecule has 7 heteroatoms. The predicted molar refractivity (Wildman–Crippen MR) is 78.3 cm³/mol. The summed E-state index contributed by atoms with van der Waals surface area (Å²) in [6.45, 7) is 2.05. The third-order valence-corrected chi connectivity index (χ3v) is 4.05. The average Bonchev–Trinajstić information content (AvgIpc) is 2.42. The maximum absolute atomic E-state index is 11.9. The molecule has 0 unspecified atom stereocenters. The van der Waals surface area contributed by atoms with E-state index in [1.807, 2.05) is 11.9 Å². The van der Waals surface area contributed by atoms with Gasteiger partial charge in [-0.25, -0.2) is 4.79 Å². The van der Waals surface area contributed by atoms with E-state index in [9.17, 15) is 14.7 Å². The third-order valence-electron chi connectivity index (χ3n) is 4.05. The van der Waals surface area contributed by atoms with Gasteiger partial charge in [-0.05, 0) is 7.05 Å². The first kappa shape index (κ1) is 15.9. The van der Waals surface area contributed by atoms with E-state index in [2.05, 4.69) is 0 Å². The van der Waals surface area contributed by atoms with Crippen molar-refractivity contribution in [2.45, 2.75) is 25.0 Å². The molecule has 21 heavy (non-hydrogen) atoms. The number of aromatic nitrogens is 2. The van der Waals surface area contributed by atoms with Crippen LogP contribution >= 0.6 is 0 Å². The molecule has 0 amide bonds. The van der Waals surface area contributed by atoms with E-state index in [-0.39, 0.29) is 11.2 Å². The topological polar surface area (TPSA) is 76.7 Å². The van der Waals surface area contributed by atoms with Gasteiger partial charge in [0.05, 0.1) is 5.60 Å². The van der Waals surface area contributed by atoms with Crippen LogP contribution in [-0.2, 0) is 25.4 Å². The number of aliphatic hydroxyl groups is 1. The van der Waals surface area contributed by atoms with Crippen LogP contribution in [0.1, 0.15) is 18.5 Å². The van der Waals surface area contributed by atoms with E-state index in [0.29, 0.717) is 44.8 Å². The molecule has 1 aromatic rings. The van der Waals surface area contributed by atoms with Crippen molar-refractivity contribution >= 4 is 0 Å². The summed E-state index contributed by atoms with van der Waals surface area (Å²) in [6.07, 6.45) is 1.21. The molecule has 1 fully saturated rings. The number of rotatable bonds is 4. The average molecular weight is 297 g/mol. The van der Waals surface area contributed by atoms with Crippen LogP contribution in [0.4, 0.5) is 0 Å². The van der Waals surface area contributed by atoms with Crippen molar-refractivity contribution < 1.29 is 9.84 Å². The molecule has 0 aromatic carbocycles. The summed E-state index contributed by atoms with van der Waals surface area (Å²) in [5.41, 5.74) is -0.769. The van der Waals surface area contributed by atoms with Gasteiger partial charge in [0.15, 0.2) is 0 Å². The van der Waals surface area contributed by atoms with Crippen molar-refractivity contribution in [3.8, 4) is 0 Å². The van der Waals surface area contributed by atoms with Crippen LogP contribution in [0, 0.1) is 0 Å². The van der Waals surface area contributed by atoms with Crippen LogP contribution in [0.3, 0.4) is 0 Å². The van der Waals surface area contributed by atoms with Gasteiger partial charge in [-0.15, -0.1) is 0 Å². The summed E-state index contributed by atoms with van der Waals surface area (Å²) in [4.78, 5) is 25.5. The SMILES string of the molecule is CN(Cc1cc(=O)n(C)c(=O)n1C)CC1(O)CCOCC1. The minimum Gasteiger partial charge on any atom is -0.388 e. The molecule has 0 saturated carbocycles. The number of nitrogens with zero attached hydrogens (tertiary/aromatic N) is 3. The predicted octanol–water partition coefficient (Wildman–Crippen LogP) is -0.943. The van der Waals surface area contributed by atoms with E-state index < -0.39 is 5.60 Å². The van der Waals surface area contributed by atoms with Gasteiger partial charge in [0.25, 0.3) is 5.56 Å². The summed E-state index contributed by atoms with van der Waals surface area (Å²) in [6, 6.07) is 1.46. The Bertz CT molecular complexity index is 614. The van der Waals surface area contributed by atoms with Crippen LogP contribution in [0.5, 0.6) is 0 Å². The highest BCUT2D eigenvalue weighted by Gasteiger charge is 2.31. The van der Waals surface area contributed by atoms with Crippen molar-refractivity contribution in [2.24, 2.45) is 14.1 Å². The molecule has 7 nitrogen and oxygen atoms in total. The van der Waals surface area contributed by atoms with E-state index in [4.69, 9.17) is 4.74 Å². The Labute approximate surface area is 123 Å². The Balaban J connectivity index is 2.11. The molecule has 1 aromatic heterocycles. The number of likely N-dealkylation sites (N-methyl/N-ethyl adjacent to an activating group) is 1. The van der Waals surface area contributed by atoms with Crippen molar-refractivity contribution in [2.75, 3.05) is 26.8 Å². The van der Waals surface area contributed by atoms with Gasteiger partial charge in [-0.2, -0.15) is 0 Å². The number of hydrogen-bond donors (Lipinski definition) is 1. The third kappa shape index (κ3) is 3.61. The van der Waals surface area contributed by atoms with Crippen molar-refractivity contribution in [1.82, 2.24) is 14.0 Å². The highest BCUT2D eigenvalue weighted by atomic mass is 16.5. The second-order valence-corrected chi connectivity index (χ2v) is 5.88. The van der Waals surface area contributed by atoms with E-state index in [1.165, 1.54) is 17.7 Å². The van der Waals surface area contributed by atoms with Crippen LogP contribution < -0.4 is 11.2 Å². The van der Waals surface area contributed by atoms with Crippen molar-refractivity contribution in [3.63, 3.8) is 0 Å². The Morgan fingerprint density at radius 1 is 1.29 bits per heavy atom. The maximum Gasteiger partial charge on any atom is 0.330 e. The molecular weight excluding hydrogens is 274 g/mol. The molecule has 2 heterocycles. The molecule has 0 aliphatic carbocycles. The minimum atomic E-state index is -0.758. The quantitative estimate of drug-likeness (QED) is 0.776. The fraction of sp³-hybridized carbons (Fsp3) is 0.714. The molecule has 0 radical (unpaired) electrons. The van der Waals surface area contributed by atoms with Gasteiger partial charge in [-0.1, -0.05) is 0 Å². The molecule has 0 bridgehead atoms. The minimum absolute atomic E-state index is 0.314. The summed E-state index contributed by atoms with van der Waals surface area (Å²) < 4.78 is 7.80. The Kier molecular flexibility index (Phi) is 4.65. The summed E-state index contributed by atoms with van der Waals surface area (Å²) in [7, 11) is 4.98. The van der Waals surface area contributed by atoms with E-state index in [1.54, 1.807) is 7.05 Å². The first-order chi connectivity index (χ1) is 9.82. The molecule has 1 aliphatic rings. The molecule has 1 N–H and O–H groups in total. The Hall–Kier alpha value is -1.44. The van der Waals surface area contributed by atoms with Crippen LogP contribution in [0.2, 0.25) is 0 Å². The Morgan fingerprint density at radius 2 is 1.90 bits per heavy atom. The van der Waals surface area contributed by atoms with E-state index in [0.717, 1.165) is 4.57 Å². The molecular formula is C14H23N3O4. The second-order valence-electron chi connectivity index (χ2n) is 5.88. The summed E-state index contributed by atoms with van der Waals surface area (Å²) >= 11 is 0. The van der Waals surface area contributed by atoms with E-state index >= 15 is 0 Å². The second kappa shape index (κ2) is 6.13. The number of ether oxygens (including phenoxy) is 1.